The van der Waals surface area contributed by atoms with E-state index in [0.717, 1.165) is 38.9 Å². The van der Waals surface area contributed by atoms with Gasteiger partial charge in [-0.15, -0.1) is 0 Å². The number of hydrogen-bond donors (Lipinski definition) is 0. The Morgan fingerprint density at radius 2 is 0.960 bits per heavy atom. The second-order valence-electron chi connectivity index (χ2n) is 12.9. The lowest BCUT2D eigenvalue weighted by Gasteiger charge is -2.30. The maximum absolute atomic E-state index is 9.05. The van der Waals surface area contributed by atoms with Gasteiger partial charge in [-0.1, -0.05) is 163 Å². The average Bonchev–Trinajstić information content (AvgIpc) is 3.70. The Kier molecular flexibility index (Phi) is 5.45. The van der Waals surface area contributed by atoms with E-state index in [1.807, 2.05) is 48.5 Å². The molecule has 1 heterocycles. The summed E-state index contributed by atoms with van der Waals surface area (Å²) in [6, 6.07) is 49.7. The monoisotopic (exact) mass is 641 g/mol. The minimum absolute atomic E-state index is 0.0381. The lowest BCUT2D eigenvalue weighted by Crippen LogP contribution is -2.25. The topological polar surface area (TPSA) is 38.7 Å². The van der Waals surface area contributed by atoms with Gasteiger partial charge in [-0.05, 0) is 74.7 Å². The number of aromatic nitrogens is 3. The lowest BCUT2D eigenvalue weighted by molar-refractivity contribution is 0.794. The molecule has 50 heavy (non-hydrogen) atoms. The van der Waals surface area contributed by atoms with E-state index in [2.05, 4.69) is 97.1 Å². The van der Waals surface area contributed by atoms with E-state index in [1.54, 1.807) is 6.92 Å². The average molecular weight is 642 g/mol. The molecule has 0 unspecified atom stereocenters. The van der Waals surface area contributed by atoms with Gasteiger partial charge in [-0.2, -0.15) is 0 Å². The molecule has 3 heteroatoms. The predicted octanol–water partition coefficient (Wildman–Crippen LogP) is 11.2. The molecule has 1 aromatic heterocycles. The van der Waals surface area contributed by atoms with Crippen molar-refractivity contribution in [2.75, 3.05) is 0 Å². The van der Waals surface area contributed by atoms with Crippen LogP contribution in [0.3, 0.4) is 0 Å². The third-order valence-corrected chi connectivity index (χ3v) is 10.1. The van der Waals surface area contributed by atoms with E-state index in [-0.39, 0.29) is 35.6 Å². The van der Waals surface area contributed by atoms with Crippen molar-refractivity contribution in [3.63, 3.8) is 0 Å². The van der Waals surface area contributed by atoms with Gasteiger partial charge < -0.3 is 0 Å². The van der Waals surface area contributed by atoms with E-state index in [1.165, 1.54) is 27.8 Å². The molecule has 10 rings (SSSR count). The van der Waals surface area contributed by atoms with Gasteiger partial charge in [0.25, 0.3) is 0 Å². The Morgan fingerprint density at radius 1 is 0.440 bits per heavy atom. The highest BCUT2D eigenvalue weighted by molar-refractivity contribution is 5.99. The molecule has 0 saturated heterocycles. The van der Waals surface area contributed by atoms with Crippen molar-refractivity contribution in [3.05, 3.63) is 198 Å². The first-order valence-electron chi connectivity index (χ1n) is 18.8. The first-order chi connectivity index (χ1) is 26.4. The molecular weight excluding hydrogens is 607 g/mol. The summed E-state index contributed by atoms with van der Waals surface area (Å²) >= 11 is 0. The highest BCUT2D eigenvalue weighted by Gasteiger charge is 2.52. The summed E-state index contributed by atoms with van der Waals surface area (Å²) in [6.45, 7) is 1.63. The highest BCUT2D eigenvalue weighted by atomic mass is 15.0. The van der Waals surface area contributed by atoms with Crippen molar-refractivity contribution in [2.45, 2.75) is 12.3 Å². The number of fused-ring (bicyclic) bond motifs is 10. The van der Waals surface area contributed by atoms with E-state index in [9.17, 15) is 0 Å². The fourth-order valence-corrected chi connectivity index (χ4v) is 8.08. The SMILES string of the molecule is [2H]c1c([2H])c(C)c([2H])c(-c2nc(-c3cccc(-c4ccccc4)c3)nc(-c3cccc4c3-c3ccccc3C43c4ccccc4-c4ccccc43)n2)c1[2H]. The lowest BCUT2D eigenvalue weighted by atomic mass is 9.70. The van der Waals surface area contributed by atoms with Gasteiger partial charge in [0, 0.05) is 16.7 Å². The summed E-state index contributed by atoms with van der Waals surface area (Å²) in [5.41, 5.74) is 12.8. The van der Waals surface area contributed by atoms with Crippen LogP contribution < -0.4 is 0 Å². The van der Waals surface area contributed by atoms with Gasteiger partial charge in [0.05, 0.1) is 10.9 Å². The summed E-state index contributed by atoms with van der Waals surface area (Å²) < 4.78 is 35.0. The third-order valence-electron chi connectivity index (χ3n) is 10.1. The summed E-state index contributed by atoms with van der Waals surface area (Å²) in [6.07, 6.45) is 0. The fraction of sp³-hybridized carbons (Fsp3) is 0.0426. The maximum Gasteiger partial charge on any atom is 0.164 e. The highest BCUT2D eigenvalue weighted by Crippen LogP contribution is 2.63. The summed E-state index contributed by atoms with van der Waals surface area (Å²) in [5, 5.41) is 0. The van der Waals surface area contributed by atoms with Crippen LogP contribution in [0.1, 0.15) is 33.3 Å². The Bertz CT molecular complexity index is 2780. The van der Waals surface area contributed by atoms with Gasteiger partial charge in [0.1, 0.15) is 0 Å². The maximum atomic E-state index is 9.05. The van der Waals surface area contributed by atoms with Crippen LogP contribution >= 0.6 is 0 Å². The quantitative estimate of drug-likeness (QED) is 0.192. The second-order valence-corrected chi connectivity index (χ2v) is 12.9. The summed E-state index contributed by atoms with van der Waals surface area (Å²) in [7, 11) is 0. The second kappa shape index (κ2) is 11.0. The summed E-state index contributed by atoms with van der Waals surface area (Å²) in [5.74, 6) is 0.920. The Balaban J connectivity index is 1.27. The zero-order valence-corrected chi connectivity index (χ0v) is 27.2. The van der Waals surface area contributed by atoms with Gasteiger partial charge in [0.2, 0.25) is 0 Å². The molecule has 0 atom stereocenters. The van der Waals surface area contributed by atoms with Crippen LogP contribution in [0.4, 0.5) is 0 Å². The molecule has 0 N–H and O–H groups in total. The van der Waals surface area contributed by atoms with Gasteiger partial charge in [-0.25, -0.2) is 15.0 Å². The van der Waals surface area contributed by atoms with E-state index < -0.39 is 5.41 Å². The molecule has 0 bridgehead atoms. The summed E-state index contributed by atoms with van der Waals surface area (Å²) in [4.78, 5) is 15.2. The molecule has 2 aliphatic carbocycles. The van der Waals surface area contributed by atoms with Gasteiger partial charge in [-0.3, -0.25) is 0 Å². The van der Waals surface area contributed by atoms with Crippen LogP contribution in [0.15, 0.2) is 170 Å². The molecule has 234 valence electrons. The molecule has 7 aromatic carbocycles. The molecule has 0 radical (unpaired) electrons. The largest absolute Gasteiger partial charge is 0.208 e. The van der Waals surface area contributed by atoms with Crippen molar-refractivity contribution >= 4 is 0 Å². The third kappa shape index (κ3) is 4.13. The first-order valence-corrected chi connectivity index (χ1v) is 16.8. The van der Waals surface area contributed by atoms with Crippen LogP contribution in [0, 0.1) is 6.92 Å². The van der Waals surface area contributed by atoms with Crippen LogP contribution in [0.5, 0.6) is 0 Å². The van der Waals surface area contributed by atoms with Crippen LogP contribution in [-0.2, 0) is 5.41 Å². The number of rotatable bonds is 4. The molecule has 2 aliphatic rings. The van der Waals surface area contributed by atoms with E-state index in [4.69, 9.17) is 20.4 Å². The number of benzene rings is 7. The zero-order chi connectivity index (χ0) is 36.7. The van der Waals surface area contributed by atoms with Crippen molar-refractivity contribution in [2.24, 2.45) is 0 Å². The molecular formula is C47H31N3. The molecule has 1 spiro atoms. The number of nitrogens with zero attached hydrogens (tertiary/aromatic N) is 3. The normalized spacial score (nSPS) is 14.2. The molecule has 0 fully saturated rings. The van der Waals surface area contributed by atoms with Crippen molar-refractivity contribution in [1.29, 1.82) is 0 Å². The Labute approximate surface area is 297 Å². The fourth-order valence-electron chi connectivity index (χ4n) is 8.08. The molecule has 0 saturated carbocycles. The first kappa shape index (κ1) is 24.7. The van der Waals surface area contributed by atoms with Crippen molar-refractivity contribution < 1.29 is 5.48 Å². The smallest absolute Gasteiger partial charge is 0.164 e. The standard InChI is InChI=1S/C47H31N3/c1-30-14-11-18-33(28-30)44-48-45(34-19-12-17-32(29-34)31-15-3-2-4-16-31)50-46(49-44)38-23-13-27-42-43(38)37-22-7-10-26-41(37)47(42)39-24-8-5-20-35(39)36-21-6-9-25-40(36)47/h2-29H,1H3/i11D,14D,18D,28D. The molecule has 3 nitrogen and oxygen atoms in total. The predicted molar refractivity (Wildman–Crippen MR) is 203 cm³/mol. The Morgan fingerprint density at radius 3 is 1.70 bits per heavy atom. The minimum atomic E-state index is -0.554. The zero-order valence-electron chi connectivity index (χ0n) is 31.2. The Hall–Kier alpha value is -6.45. The molecule has 8 aromatic rings. The van der Waals surface area contributed by atoms with Crippen molar-refractivity contribution in [1.82, 2.24) is 15.0 Å². The van der Waals surface area contributed by atoms with Crippen LogP contribution in [0.25, 0.3) is 67.5 Å². The van der Waals surface area contributed by atoms with Crippen molar-refractivity contribution in [3.8, 4) is 67.5 Å². The molecule has 0 amide bonds. The van der Waals surface area contributed by atoms with Gasteiger partial charge >= 0.3 is 0 Å². The van der Waals surface area contributed by atoms with Gasteiger partial charge in [0.15, 0.2) is 17.5 Å². The van der Waals surface area contributed by atoms with E-state index in [0.29, 0.717) is 17.2 Å². The van der Waals surface area contributed by atoms with Crippen LogP contribution in [-0.4, -0.2) is 15.0 Å². The molecule has 0 aliphatic heterocycles. The number of hydrogen-bond acceptors (Lipinski definition) is 3. The minimum Gasteiger partial charge on any atom is -0.208 e. The van der Waals surface area contributed by atoms with E-state index >= 15 is 0 Å². The van der Waals surface area contributed by atoms with Crippen LogP contribution in [0.2, 0.25) is 0 Å².